The molecule has 0 spiro atoms. The molecule has 0 aliphatic heterocycles. The third-order valence-corrected chi connectivity index (χ3v) is 6.86. The van der Waals surface area contributed by atoms with E-state index in [1.54, 1.807) is 0 Å². The Labute approximate surface area is 204 Å². The number of ether oxygens (including phenoxy) is 1. The molecule has 0 aromatic heterocycles. The summed E-state index contributed by atoms with van der Waals surface area (Å²) >= 11 is 0. The van der Waals surface area contributed by atoms with Crippen LogP contribution in [0.3, 0.4) is 0 Å². The van der Waals surface area contributed by atoms with Gasteiger partial charge in [-0.15, -0.1) is 0 Å². The highest BCUT2D eigenvalue weighted by molar-refractivity contribution is 7.92. The number of sulfonamides is 1. The van der Waals surface area contributed by atoms with Crippen LogP contribution >= 0.6 is 0 Å². The molecule has 1 N–H and O–H groups in total. The third-order valence-electron chi connectivity index (χ3n) is 5.09. The van der Waals surface area contributed by atoms with E-state index in [0.29, 0.717) is 16.1 Å². The minimum absolute atomic E-state index is 0.0261. The second-order valence-corrected chi connectivity index (χ2v) is 9.40. The van der Waals surface area contributed by atoms with Crippen LogP contribution in [0.2, 0.25) is 0 Å². The number of amides is 1. The van der Waals surface area contributed by atoms with Gasteiger partial charge in [-0.2, -0.15) is 13.2 Å². The minimum atomic E-state index is -4.64. The number of carbonyl (C=O) groups is 1. The van der Waals surface area contributed by atoms with E-state index in [1.807, 2.05) is 0 Å². The maximum atomic E-state index is 13.5. The lowest BCUT2D eigenvalue weighted by molar-refractivity contribution is -0.385. The van der Waals surface area contributed by atoms with Crippen molar-refractivity contribution >= 4 is 33.0 Å². The fourth-order valence-corrected chi connectivity index (χ4v) is 4.68. The predicted molar refractivity (Wildman–Crippen MR) is 125 cm³/mol. The maximum Gasteiger partial charge on any atom is 0.416 e. The molecule has 3 rings (SSSR count). The third kappa shape index (κ3) is 5.92. The molecule has 0 aliphatic carbocycles. The number of halogens is 3. The Bertz CT molecular complexity index is 1390. The van der Waals surface area contributed by atoms with Gasteiger partial charge in [0.05, 0.1) is 28.2 Å². The first-order valence-corrected chi connectivity index (χ1v) is 11.7. The Hall–Kier alpha value is -4.13. The molecule has 1 amide bonds. The van der Waals surface area contributed by atoms with Gasteiger partial charge in [0.1, 0.15) is 12.3 Å². The molecule has 13 heteroatoms. The van der Waals surface area contributed by atoms with E-state index in [0.717, 1.165) is 18.2 Å². The normalized spacial score (nSPS) is 11.6. The molecule has 3 aromatic rings. The Balaban J connectivity index is 1.99. The van der Waals surface area contributed by atoms with Crippen LogP contribution in [0.15, 0.2) is 71.6 Å². The number of aryl methyl sites for hydroxylation is 1. The Morgan fingerprint density at radius 3 is 2.33 bits per heavy atom. The van der Waals surface area contributed by atoms with Crippen molar-refractivity contribution in [1.29, 1.82) is 0 Å². The summed E-state index contributed by atoms with van der Waals surface area (Å²) in [5.74, 6) is -0.536. The van der Waals surface area contributed by atoms with Gasteiger partial charge >= 0.3 is 6.18 Å². The number of nitro benzene ring substituents is 1. The zero-order valence-corrected chi connectivity index (χ0v) is 19.8. The number of hydrogen-bond acceptors (Lipinski definition) is 6. The molecule has 0 unspecified atom stereocenters. The Morgan fingerprint density at radius 1 is 1.08 bits per heavy atom. The number of nitrogens with one attached hydrogen (secondary N) is 1. The maximum absolute atomic E-state index is 13.5. The number of nitrogens with zero attached hydrogens (tertiary/aromatic N) is 2. The van der Waals surface area contributed by atoms with Gasteiger partial charge in [0.25, 0.3) is 15.7 Å². The Kier molecular flexibility index (Phi) is 7.53. The van der Waals surface area contributed by atoms with Crippen LogP contribution in [-0.2, 0) is 21.0 Å². The second-order valence-electron chi connectivity index (χ2n) is 7.54. The first-order chi connectivity index (χ1) is 16.8. The van der Waals surface area contributed by atoms with Crippen LogP contribution in [0.5, 0.6) is 5.75 Å². The number of carbonyl (C=O) groups excluding carboxylic acids is 1. The summed E-state index contributed by atoms with van der Waals surface area (Å²) in [6, 6.07) is 12.8. The lowest BCUT2D eigenvalue weighted by atomic mass is 10.2. The molecule has 0 saturated carbocycles. The van der Waals surface area contributed by atoms with Crippen molar-refractivity contribution in [3.05, 3.63) is 88.0 Å². The van der Waals surface area contributed by atoms with Crippen molar-refractivity contribution in [2.75, 3.05) is 23.3 Å². The lowest BCUT2D eigenvalue weighted by Gasteiger charge is -2.24. The number of rotatable bonds is 8. The van der Waals surface area contributed by atoms with Gasteiger partial charge in [0.2, 0.25) is 5.91 Å². The summed E-state index contributed by atoms with van der Waals surface area (Å²) in [6.45, 7) is 0.616. The average molecular weight is 523 g/mol. The van der Waals surface area contributed by atoms with E-state index in [-0.39, 0.29) is 16.9 Å². The molecular formula is C23H20F3N3O6S. The number of methoxy groups -OCH3 is 1. The smallest absolute Gasteiger partial charge is 0.416 e. The van der Waals surface area contributed by atoms with Gasteiger partial charge in [-0.05, 0) is 55.5 Å². The topological polar surface area (TPSA) is 119 Å². The molecule has 0 bridgehead atoms. The molecule has 0 aliphatic rings. The Morgan fingerprint density at radius 2 is 1.75 bits per heavy atom. The van der Waals surface area contributed by atoms with E-state index >= 15 is 0 Å². The molecule has 3 aromatic carbocycles. The average Bonchev–Trinajstić information content (AvgIpc) is 2.82. The quantitative estimate of drug-likeness (QED) is 0.336. The highest BCUT2D eigenvalue weighted by Gasteiger charge is 2.31. The molecule has 0 radical (unpaired) electrons. The van der Waals surface area contributed by atoms with E-state index in [1.165, 1.54) is 56.5 Å². The van der Waals surface area contributed by atoms with Crippen molar-refractivity contribution in [2.24, 2.45) is 0 Å². The standard InChI is InChI=1S/C23H20F3N3O6S/c1-15-6-11-20(13-21(15)29(31)32)36(33,34)28(18-7-9-19(35-2)10-8-18)14-22(30)27-17-5-3-4-16(12-17)23(24,25)26/h3-13H,14H2,1-2H3,(H,27,30). The first-order valence-electron chi connectivity index (χ1n) is 10.2. The van der Waals surface area contributed by atoms with E-state index in [4.69, 9.17) is 4.74 Å². The summed E-state index contributed by atoms with van der Waals surface area (Å²) < 4.78 is 71.7. The molecule has 0 atom stereocenters. The number of alkyl halides is 3. The van der Waals surface area contributed by atoms with Crippen LogP contribution in [0.1, 0.15) is 11.1 Å². The molecule has 190 valence electrons. The summed E-state index contributed by atoms with van der Waals surface area (Å²) in [5, 5.41) is 13.6. The number of anilines is 2. The SMILES string of the molecule is COc1ccc(N(CC(=O)Nc2cccc(C(F)(F)F)c2)S(=O)(=O)c2ccc(C)c([N+](=O)[O-])c2)cc1. The second kappa shape index (κ2) is 10.2. The van der Waals surface area contributed by atoms with Gasteiger partial charge in [0, 0.05) is 17.3 Å². The molecule has 0 fully saturated rings. The van der Waals surface area contributed by atoms with E-state index < -0.39 is 49.7 Å². The lowest BCUT2D eigenvalue weighted by Crippen LogP contribution is -2.38. The van der Waals surface area contributed by atoms with Crippen LogP contribution in [-0.4, -0.2) is 32.9 Å². The van der Waals surface area contributed by atoms with Gasteiger partial charge in [-0.1, -0.05) is 12.1 Å². The van der Waals surface area contributed by atoms with E-state index in [2.05, 4.69) is 5.32 Å². The van der Waals surface area contributed by atoms with Crippen molar-refractivity contribution in [1.82, 2.24) is 0 Å². The highest BCUT2D eigenvalue weighted by atomic mass is 32.2. The van der Waals surface area contributed by atoms with Gasteiger partial charge in [0.15, 0.2) is 0 Å². The number of nitro groups is 1. The van der Waals surface area contributed by atoms with Crippen molar-refractivity contribution < 1.29 is 36.0 Å². The molecule has 0 saturated heterocycles. The summed E-state index contributed by atoms with van der Waals surface area (Å²) in [7, 11) is -3.12. The van der Waals surface area contributed by atoms with E-state index in [9.17, 15) is 36.5 Å². The molecule has 36 heavy (non-hydrogen) atoms. The zero-order chi connectivity index (χ0) is 26.7. The fourth-order valence-electron chi connectivity index (χ4n) is 3.24. The van der Waals surface area contributed by atoms with Gasteiger partial charge in [-0.25, -0.2) is 8.42 Å². The minimum Gasteiger partial charge on any atom is -0.497 e. The zero-order valence-electron chi connectivity index (χ0n) is 18.9. The molecule has 9 nitrogen and oxygen atoms in total. The van der Waals surface area contributed by atoms with Crippen LogP contribution in [0, 0.1) is 17.0 Å². The van der Waals surface area contributed by atoms with Crippen molar-refractivity contribution in [3.8, 4) is 5.75 Å². The van der Waals surface area contributed by atoms with Crippen LogP contribution in [0.4, 0.5) is 30.2 Å². The monoisotopic (exact) mass is 523 g/mol. The van der Waals surface area contributed by atoms with Gasteiger partial charge in [-0.3, -0.25) is 19.2 Å². The predicted octanol–water partition coefficient (Wildman–Crippen LogP) is 4.76. The van der Waals surface area contributed by atoms with Crippen molar-refractivity contribution in [2.45, 2.75) is 18.0 Å². The first kappa shape index (κ1) is 26.5. The number of hydrogen-bond donors (Lipinski definition) is 1. The highest BCUT2D eigenvalue weighted by Crippen LogP contribution is 2.31. The molecule has 0 heterocycles. The van der Waals surface area contributed by atoms with Gasteiger partial charge < -0.3 is 10.1 Å². The number of benzene rings is 3. The van der Waals surface area contributed by atoms with Crippen LogP contribution < -0.4 is 14.4 Å². The summed E-state index contributed by atoms with van der Waals surface area (Å²) in [4.78, 5) is 22.9. The summed E-state index contributed by atoms with van der Waals surface area (Å²) in [5.41, 5.74) is -1.35. The summed E-state index contributed by atoms with van der Waals surface area (Å²) in [6.07, 6.45) is -4.64. The van der Waals surface area contributed by atoms with Crippen LogP contribution in [0.25, 0.3) is 0 Å². The molecular weight excluding hydrogens is 503 g/mol. The fraction of sp³-hybridized carbons (Fsp3) is 0.174. The largest absolute Gasteiger partial charge is 0.497 e. The van der Waals surface area contributed by atoms with Crippen molar-refractivity contribution in [3.63, 3.8) is 0 Å².